The Morgan fingerprint density at radius 2 is 1.05 bits per heavy atom. The first-order chi connectivity index (χ1) is 9.65. The van der Waals surface area contributed by atoms with Crippen molar-refractivity contribution >= 4 is 0 Å². The van der Waals surface area contributed by atoms with Gasteiger partial charge in [0.2, 0.25) is 0 Å². The van der Waals surface area contributed by atoms with Crippen LogP contribution in [0.2, 0.25) is 0 Å². The molecule has 0 saturated heterocycles. The van der Waals surface area contributed by atoms with Gasteiger partial charge in [-0.15, -0.1) is 0 Å². The van der Waals surface area contributed by atoms with Crippen LogP contribution in [0.1, 0.15) is 48.9 Å². The molecule has 0 heterocycles. The molecule has 0 saturated carbocycles. The van der Waals surface area contributed by atoms with Crippen LogP contribution in [-0.4, -0.2) is 0 Å². The standard InChI is InChI=1S/2C10H14/c2*1-3-5-10-7-4-6-9(2)8-10/h2*4,6-8H,3,5H2,1-2H3. The molecule has 0 heteroatoms. The van der Waals surface area contributed by atoms with E-state index >= 15 is 0 Å². The largest absolute Gasteiger partial charge is 0.0651 e. The molecule has 2 aromatic rings. The number of rotatable bonds is 4. The number of aryl methyl sites for hydroxylation is 4. The van der Waals surface area contributed by atoms with E-state index in [9.17, 15) is 0 Å². The molecule has 2 rings (SSSR count). The highest BCUT2D eigenvalue weighted by atomic mass is 14.0. The Hall–Kier alpha value is -1.56. The Balaban J connectivity index is 0.000000200. The molecule has 0 unspecified atom stereocenters. The Morgan fingerprint density at radius 1 is 0.650 bits per heavy atom. The van der Waals surface area contributed by atoms with Crippen LogP contribution in [0.25, 0.3) is 0 Å². The maximum atomic E-state index is 2.25. The first kappa shape index (κ1) is 16.5. The molecular formula is C20H28. The summed E-state index contributed by atoms with van der Waals surface area (Å²) in [6.07, 6.45) is 4.90. The Bertz CT molecular complexity index is 449. The summed E-state index contributed by atoms with van der Waals surface area (Å²) in [5.41, 5.74) is 5.65. The monoisotopic (exact) mass is 268 g/mol. The highest BCUT2D eigenvalue weighted by Gasteiger charge is 1.89. The number of benzene rings is 2. The molecule has 0 bridgehead atoms. The summed E-state index contributed by atoms with van der Waals surface area (Å²) in [4.78, 5) is 0. The van der Waals surface area contributed by atoms with Crippen molar-refractivity contribution in [3.05, 3.63) is 70.8 Å². The third kappa shape index (κ3) is 6.56. The van der Waals surface area contributed by atoms with Gasteiger partial charge in [-0.2, -0.15) is 0 Å². The lowest BCUT2D eigenvalue weighted by atomic mass is 10.1. The molecule has 0 amide bonds. The third-order valence-electron chi connectivity index (χ3n) is 3.24. The quantitative estimate of drug-likeness (QED) is 0.648. The number of hydrogen-bond acceptors (Lipinski definition) is 0. The van der Waals surface area contributed by atoms with Crippen LogP contribution in [0.15, 0.2) is 48.5 Å². The molecule has 0 radical (unpaired) electrons. The van der Waals surface area contributed by atoms with E-state index in [0.717, 1.165) is 0 Å². The van der Waals surface area contributed by atoms with Crippen LogP contribution in [-0.2, 0) is 12.8 Å². The molecule has 20 heavy (non-hydrogen) atoms. The van der Waals surface area contributed by atoms with Crippen molar-refractivity contribution in [2.75, 3.05) is 0 Å². The van der Waals surface area contributed by atoms with Gasteiger partial charge < -0.3 is 0 Å². The van der Waals surface area contributed by atoms with Crippen molar-refractivity contribution in [1.82, 2.24) is 0 Å². The lowest BCUT2D eigenvalue weighted by Crippen LogP contribution is -1.82. The van der Waals surface area contributed by atoms with E-state index in [1.807, 2.05) is 0 Å². The van der Waals surface area contributed by atoms with Gasteiger partial charge in [0.25, 0.3) is 0 Å². The first-order valence-corrected chi connectivity index (χ1v) is 7.76. The van der Waals surface area contributed by atoms with Gasteiger partial charge in [-0.1, -0.05) is 86.3 Å². The zero-order chi connectivity index (χ0) is 14.8. The molecule has 0 aliphatic carbocycles. The Morgan fingerprint density at radius 3 is 1.35 bits per heavy atom. The summed E-state index contributed by atoms with van der Waals surface area (Å²) in [5, 5.41) is 0. The predicted octanol–water partition coefficient (Wildman–Crippen LogP) is 5.90. The van der Waals surface area contributed by atoms with E-state index < -0.39 is 0 Å². The van der Waals surface area contributed by atoms with Crippen molar-refractivity contribution in [2.45, 2.75) is 53.4 Å². The number of hydrogen-bond donors (Lipinski definition) is 0. The fraction of sp³-hybridized carbons (Fsp3) is 0.400. The van der Waals surface area contributed by atoms with Crippen LogP contribution in [0.4, 0.5) is 0 Å². The maximum absolute atomic E-state index is 2.25. The highest BCUT2D eigenvalue weighted by Crippen LogP contribution is 2.06. The highest BCUT2D eigenvalue weighted by molar-refractivity contribution is 5.22. The summed E-state index contributed by atoms with van der Waals surface area (Å²) in [5.74, 6) is 0. The molecule has 0 spiro atoms. The summed E-state index contributed by atoms with van der Waals surface area (Å²) in [7, 11) is 0. The van der Waals surface area contributed by atoms with Crippen LogP contribution in [0, 0.1) is 13.8 Å². The molecule has 0 atom stereocenters. The Labute approximate surface area is 124 Å². The summed E-state index contributed by atoms with van der Waals surface area (Å²) in [6, 6.07) is 17.4. The fourth-order valence-electron chi connectivity index (χ4n) is 2.31. The fourth-order valence-corrected chi connectivity index (χ4v) is 2.31. The minimum Gasteiger partial charge on any atom is -0.0651 e. The van der Waals surface area contributed by atoms with Gasteiger partial charge in [-0.05, 0) is 37.8 Å². The van der Waals surface area contributed by atoms with E-state index in [0.29, 0.717) is 0 Å². The van der Waals surface area contributed by atoms with Gasteiger partial charge in [0.1, 0.15) is 0 Å². The van der Waals surface area contributed by atoms with Crippen LogP contribution >= 0.6 is 0 Å². The van der Waals surface area contributed by atoms with Crippen LogP contribution < -0.4 is 0 Å². The van der Waals surface area contributed by atoms with E-state index in [-0.39, 0.29) is 0 Å². The van der Waals surface area contributed by atoms with Crippen molar-refractivity contribution in [3.63, 3.8) is 0 Å². The zero-order valence-corrected chi connectivity index (χ0v) is 13.4. The normalized spacial score (nSPS) is 9.80. The summed E-state index contributed by atoms with van der Waals surface area (Å²) >= 11 is 0. The lowest BCUT2D eigenvalue weighted by molar-refractivity contribution is 0.920. The van der Waals surface area contributed by atoms with E-state index in [1.165, 1.54) is 47.9 Å². The van der Waals surface area contributed by atoms with Gasteiger partial charge in [0.15, 0.2) is 0 Å². The molecule has 0 aromatic heterocycles. The molecule has 0 nitrogen and oxygen atoms in total. The van der Waals surface area contributed by atoms with Gasteiger partial charge >= 0.3 is 0 Å². The molecule has 2 aromatic carbocycles. The first-order valence-electron chi connectivity index (χ1n) is 7.76. The smallest absolute Gasteiger partial charge is 0.0281 e. The van der Waals surface area contributed by atoms with Gasteiger partial charge in [0, 0.05) is 0 Å². The van der Waals surface area contributed by atoms with Gasteiger partial charge in [-0.25, -0.2) is 0 Å². The van der Waals surface area contributed by atoms with Crippen LogP contribution in [0.3, 0.4) is 0 Å². The van der Waals surface area contributed by atoms with E-state index in [4.69, 9.17) is 0 Å². The molecule has 0 N–H and O–H groups in total. The van der Waals surface area contributed by atoms with Gasteiger partial charge in [-0.3, -0.25) is 0 Å². The molecule has 0 fully saturated rings. The average Bonchev–Trinajstić information content (AvgIpc) is 2.40. The average molecular weight is 268 g/mol. The topological polar surface area (TPSA) is 0 Å². The molecular weight excluding hydrogens is 240 g/mol. The second-order valence-corrected chi connectivity index (χ2v) is 5.48. The minimum atomic E-state index is 1.21. The van der Waals surface area contributed by atoms with Crippen molar-refractivity contribution in [3.8, 4) is 0 Å². The maximum Gasteiger partial charge on any atom is -0.0281 e. The summed E-state index contributed by atoms with van der Waals surface area (Å²) < 4.78 is 0. The zero-order valence-electron chi connectivity index (χ0n) is 13.4. The Kier molecular flexibility index (Phi) is 7.72. The van der Waals surface area contributed by atoms with Crippen molar-refractivity contribution in [2.24, 2.45) is 0 Å². The van der Waals surface area contributed by atoms with Gasteiger partial charge in [0.05, 0.1) is 0 Å². The SMILES string of the molecule is CCCc1cccc(C)c1.CCCc1cccc(C)c1. The van der Waals surface area contributed by atoms with Crippen molar-refractivity contribution < 1.29 is 0 Å². The third-order valence-corrected chi connectivity index (χ3v) is 3.24. The van der Waals surface area contributed by atoms with Crippen molar-refractivity contribution in [1.29, 1.82) is 0 Å². The second kappa shape index (κ2) is 9.36. The van der Waals surface area contributed by atoms with E-state index in [2.05, 4.69) is 76.2 Å². The molecule has 108 valence electrons. The molecule has 0 aliphatic rings. The lowest BCUT2D eigenvalue weighted by Gasteiger charge is -1.98. The summed E-state index contributed by atoms with van der Waals surface area (Å²) in [6.45, 7) is 8.70. The minimum absolute atomic E-state index is 1.21. The van der Waals surface area contributed by atoms with E-state index in [1.54, 1.807) is 0 Å². The molecule has 0 aliphatic heterocycles. The van der Waals surface area contributed by atoms with Crippen LogP contribution in [0.5, 0.6) is 0 Å². The predicted molar refractivity (Wildman–Crippen MR) is 90.3 cm³/mol. The second-order valence-electron chi connectivity index (χ2n) is 5.48.